The van der Waals surface area contributed by atoms with E-state index in [9.17, 15) is 0 Å². The van der Waals surface area contributed by atoms with E-state index in [0.717, 1.165) is 23.6 Å². The van der Waals surface area contributed by atoms with Crippen molar-refractivity contribution in [3.8, 4) is 11.5 Å². The van der Waals surface area contributed by atoms with Crippen molar-refractivity contribution < 1.29 is 4.74 Å². The molecule has 0 spiro atoms. The maximum Gasteiger partial charge on any atom is 0.133 e. The van der Waals surface area contributed by atoms with Crippen LogP contribution in [0.3, 0.4) is 0 Å². The van der Waals surface area contributed by atoms with Crippen LogP contribution in [0.4, 0.5) is 5.69 Å². The zero-order valence-corrected chi connectivity index (χ0v) is 12.6. The largest absolute Gasteiger partial charge is 0.457 e. The highest BCUT2D eigenvalue weighted by molar-refractivity contribution is 5.48. The molecule has 106 valence electrons. The first-order chi connectivity index (χ1) is 9.60. The highest BCUT2D eigenvalue weighted by Gasteiger charge is 2.07. The molecule has 2 N–H and O–H groups in total. The molecule has 0 unspecified atom stereocenters. The van der Waals surface area contributed by atoms with Gasteiger partial charge in [0.15, 0.2) is 0 Å². The van der Waals surface area contributed by atoms with E-state index in [2.05, 4.69) is 32.9 Å². The Balaban J connectivity index is 2.21. The predicted octanol–water partition coefficient (Wildman–Crippen LogP) is 5.02. The molecule has 0 bridgehead atoms. The van der Waals surface area contributed by atoms with Crippen LogP contribution >= 0.6 is 0 Å². The third-order valence-electron chi connectivity index (χ3n) is 3.44. The van der Waals surface area contributed by atoms with Crippen molar-refractivity contribution >= 4 is 5.69 Å². The Labute approximate surface area is 121 Å². The fourth-order valence-corrected chi connectivity index (χ4v) is 2.38. The van der Waals surface area contributed by atoms with Crippen molar-refractivity contribution in [2.75, 3.05) is 5.73 Å². The lowest BCUT2D eigenvalue weighted by Crippen LogP contribution is -1.95. The number of anilines is 1. The molecule has 0 saturated carbocycles. The van der Waals surface area contributed by atoms with Gasteiger partial charge in [-0.15, -0.1) is 0 Å². The highest BCUT2D eigenvalue weighted by atomic mass is 16.5. The summed E-state index contributed by atoms with van der Waals surface area (Å²) in [5, 5.41) is 0. The van der Waals surface area contributed by atoms with E-state index < -0.39 is 0 Å². The first-order valence-electron chi connectivity index (χ1n) is 7.23. The topological polar surface area (TPSA) is 35.2 Å². The van der Waals surface area contributed by atoms with E-state index in [1.165, 1.54) is 29.5 Å². The standard InChI is InChI=1S/C18H23NO/c1-4-5-6-15-11-13(2)18(14(3)12-15)20-17-9-7-16(19)8-10-17/h7-12H,4-6,19H2,1-3H3. The van der Waals surface area contributed by atoms with Crippen LogP contribution < -0.4 is 10.5 Å². The molecule has 0 heterocycles. The van der Waals surface area contributed by atoms with Gasteiger partial charge in [-0.3, -0.25) is 0 Å². The molecule has 0 fully saturated rings. The minimum absolute atomic E-state index is 0.751. The molecule has 2 rings (SSSR count). The maximum absolute atomic E-state index is 6.00. The summed E-state index contributed by atoms with van der Waals surface area (Å²) in [4.78, 5) is 0. The van der Waals surface area contributed by atoms with Crippen molar-refractivity contribution in [2.45, 2.75) is 40.0 Å². The Bertz CT molecular complexity index is 549. The Kier molecular flexibility index (Phi) is 4.67. The van der Waals surface area contributed by atoms with Crippen LogP contribution in [0, 0.1) is 13.8 Å². The second-order valence-electron chi connectivity index (χ2n) is 5.33. The van der Waals surface area contributed by atoms with E-state index in [0.29, 0.717) is 0 Å². The molecular formula is C18H23NO. The Morgan fingerprint density at radius 3 is 2.15 bits per heavy atom. The molecule has 0 radical (unpaired) electrons. The van der Waals surface area contributed by atoms with Crippen molar-refractivity contribution in [3.63, 3.8) is 0 Å². The molecule has 2 heteroatoms. The third kappa shape index (κ3) is 3.53. The van der Waals surface area contributed by atoms with Gasteiger partial charge in [0, 0.05) is 5.69 Å². The van der Waals surface area contributed by atoms with E-state index in [1.807, 2.05) is 24.3 Å². The SMILES string of the molecule is CCCCc1cc(C)c(Oc2ccc(N)cc2)c(C)c1. The molecule has 0 amide bonds. The van der Waals surface area contributed by atoms with Gasteiger partial charge in [-0.05, 0) is 67.6 Å². The average molecular weight is 269 g/mol. The van der Waals surface area contributed by atoms with Crippen LogP contribution in [0.15, 0.2) is 36.4 Å². The molecule has 2 aromatic carbocycles. The van der Waals surface area contributed by atoms with Crippen LogP contribution in [-0.2, 0) is 6.42 Å². The fraction of sp³-hybridized carbons (Fsp3) is 0.333. The van der Waals surface area contributed by atoms with Gasteiger partial charge in [0.05, 0.1) is 0 Å². The fourth-order valence-electron chi connectivity index (χ4n) is 2.38. The molecule has 0 atom stereocenters. The third-order valence-corrected chi connectivity index (χ3v) is 3.44. The van der Waals surface area contributed by atoms with Crippen LogP contribution in [0.2, 0.25) is 0 Å². The lowest BCUT2D eigenvalue weighted by molar-refractivity contribution is 0.475. The van der Waals surface area contributed by atoms with Crippen LogP contribution in [0.5, 0.6) is 11.5 Å². The summed E-state index contributed by atoms with van der Waals surface area (Å²) in [6, 6.07) is 12.0. The molecule has 0 aliphatic rings. The number of benzene rings is 2. The highest BCUT2D eigenvalue weighted by Crippen LogP contribution is 2.30. The van der Waals surface area contributed by atoms with Gasteiger partial charge in [0.2, 0.25) is 0 Å². The Morgan fingerprint density at radius 1 is 1.00 bits per heavy atom. The molecule has 0 aromatic heterocycles. The summed E-state index contributed by atoms with van der Waals surface area (Å²) in [7, 11) is 0. The summed E-state index contributed by atoms with van der Waals surface area (Å²) in [6.45, 7) is 6.43. The van der Waals surface area contributed by atoms with Gasteiger partial charge in [-0.1, -0.05) is 25.5 Å². The summed E-state index contributed by atoms with van der Waals surface area (Å²) in [6.07, 6.45) is 3.60. The van der Waals surface area contributed by atoms with E-state index in [-0.39, 0.29) is 0 Å². The van der Waals surface area contributed by atoms with Crippen LogP contribution in [-0.4, -0.2) is 0 Å². The number of rotatable bonds is 5. The lowest BCUT2D eigenvalue weighted by Gasteiger charge is -2.14. The zero-order chi connectivity index (χ0) is 14.5. The molecule has 20 heavy (non-hydrogen) atoms. The van der Waals surface area contributed by atoms with Gasteiger partial charge in [0.1, 0.15) is 11.5 Å². The molecule has 0 aliphatic heterocycles. The normalized spacial score (nSPS) is 10.6. The number of nitrogen functional groups attached to an aromatic ring is 1. The number of hydrogen-bond donors (Lipinski definition) is 1. The zero-order valence-electron chi connectivity index (χ0n) is 12.6. The van der Waals surface area contributed by atoms with Gasteiger partial charge in [0.25, 0.3) is 0 Å². The number of hydrogen-bond acceptors (Lipinski definition) is 2. The molecule has 0 saturated heterocycles. The minimum atomic E-state index is 0.751. The van der Waals surface area contributed by atoms with Crippen molar-refractivity contribution in [1.29, 1.82) is 0 Å². The van der Waals surface area contributed by atoms with Crippen LogP contribution in [0.1, 0.15) is 36.5 Å². The summed E-state index contributed by atoms with van der Waals surface area (Å²) in [5.41, 5.74) is 10.2. The van der Waals surface area contributed by atoms with Crippen molar-refractivity contribution in [2.24, 2.45) is 0 Å². The van der Waals surface area contributed by atoms with Gasteiger partial charge in [-0.25, -0.2) is 0 Å². The summed E-state index contributed by atoms with van der Waals surface area (Å²) < 4.78 is 6.00. The Morgan fingerprint density at radius 2 is 1.60 bits per heavy atom. The maximum atomic E-state index is 6.00. The first-order valence-corrected chi connectivity index (χ1v) is 7.23. The summed E-state index contributed by atoms with van der Waals surface area (Å²) in [5.74, 6) is 1.78. The number of unbranched alkanes of at least 4 members (excludes halogenated alkanes) is 1. The van der Waals surface area contributed by atoms with Crippen molar-refractivity contribution in [1.82, 2.24) is 0 Å². The van der Waals surface area contributed by atoms with E-state index >= 15 is 0 Å². The Hall–Kier alpha value is -1.96. The number of nitrogens with two attached hydrogens (primary N) is 1. The number of aryl methyl sites for hydroxylation is 3. The quantitative estimate of drug-likeness (QED) is 0.773. The summed E-state index contributed by atoms with van der Waals surface area (Å²) >= 11 is 0. The minimum Gasteiger partial charge on any atom is -0.457 e. The van der Waals surface area contributed by atoms with E-state index in [4.69, 9.17) is 10.5 Å². The second-order valence-corrected chi connectivity index (χ2v) is 5.33. The van der Waals surface area contributed by atoms with E-state index in [1.54, 1.807) is 0 Å². The molecule has 2 nitrogen and oxygen atoms in total. The smallest absolute Gasteiger partial charge is 0.133 e. The van der Waals surface area contributed by atoms with Gasteiger partial charge < -0.3 is 10.5 Å². The molecule has 0 aliphatic carbocycles. The number of ether oxygens (including phenoxy) is 1. The second kappa shape index (κ2) is 6.47. The predicted molar refractivity (Wildman–Crippen MR) is 85.5 cm³/mol. The monoisotopic (exact) mass is 269 g/mol. The first kappa shape index (κ1) is 14.4. The molecule has 2 aromatic rings. The van der Waals surface area contributed by atoms with Gasteiger partial charge >= 0.3 is 0 Å². The average Bonchev–Trinajstić information content (AvgIpc) is 2.42. The lowest BCUT2D eigenvalue weighted by atomic mass is 10.0. The van der Waals surface area contributed by atoms with Crippen LogP contribution in [0.25, 0.3) is 0 Å². The van der Waals surface area contributed by atoms with Crippen molar-refractivity contribution in [3.05, 3.63) is 53.1 Å². The molecular weight excluding hydrogens is 246 g/mol. The van der Waals surface area contributed by atoms with Gasteiger partial charge in [-0.2, -0.15) is 0 Å².